The third kappa shape index (κ3) is 4.27. The quantitative estimate of drug-likeness (QED) is 0.474. The number of nitrogens with zero attached hydrogens (tertiary/aromatic N) is 4. The molecular weight excluding hydrogens is 435 g/mol. The Hall–Kier alpha value is -1.32. The fourth-order valence-electron chi connectivity index (χ4n) is 3.23. The van der Waals surface area contributed by atoms with Gasteiger partial charge >= 0.3 is 6.09 Å². The maximum atomic E-state index is 12.2. The Bertz CT molecular complexity index is 654. The van der Waals surface area contributed by atoms with Crippen molar-refractivity contribution < 1.29 is 14.3 Å². The van der Waals surface area contributed by atoms with Crippen LogP contribution in [0.4, 0.5) is 10.6 Å². The van der Waals surface area contributed by atoms with Crippen LogP contribution >= 0.6 is 22.6 Å². The monoisotopic (exact) mass is 460 g/mol. The van der Waals surface area contributed by atoms with Gasteiger partial charge in [0.1, 0.15) is 21.7 Å². The summed E-state index contributed by atoms with van der Waals surface area (Å²) in [6, 6.07) is 0.353. The Labute approximate surface area is 162 Å². The highest BCUT2D eigenvalue weighted by Crippen LogP contribution is 2.36. The van der Waals surface area contributed by atoms with E-state index in [9.17, 15) is 4.79 Å². The molecule has 0 atom stereocenters. The van der Waals surface area contributed by atoms with Crippen LogP contribution in [0.2, 0.25) is 0 Å². The highest BCUT2D eigenvalue weighted by atomic mass is 127. The number of aromatic nitrogens is 2. The molecule has 3 rings (SSSR count). The molecule has 0 unspecified atom stereocenters. The van der Waals surface area contributed by atoms with E-state index in [1.807, 2.05) is 27.7 Å². The molecule has 1 aromatic heterocycles. The number of piperidine rings is 1. The van der Waals surface area contributed by atoms with Crippen LogP contribution in [0.1, 0.15) is 39.4 Å². The standard InChI is InChI=1S/C17H25IN4O3/c1-11-19-14(18)13-15(20-11)22(9-10-24-13)12-5-7-21(8-6-12)16(23)25-17(2,3)4/h12H,5-10H2,1-4H3. The maximum absolute atomic E-state index is 12.2. The zero-order chi connectivity index (χ0) is 18.2. The summed E-state index contributed by atoms with van der Waals surface area (Å²) in [5.41, 5.74) is -0.456. The fourth-order valence-corrected chi connectivity index (χ4v) is 3.97. The second kappa shape index (κ2) is 7.13. The number of hydrogen-bond donors (Lipinski definition) is 0. The molecule has 138 valence electrons. The number of carbonyl (C=O) groups excluding carboxylic acids is 1. The topological polar surface area (TPSA) is 67.8 Å². The summed E-state index contributed by atoms with van der Waals surface area (Å²) in [5, 5.41) is 0. The number of anilines is 1. The Balaban J connectivity index is 1.68. The van der Waals surface area contributed by atoms with Gasteiger partial charge in [-0.15, -0.1) is 0 Å². The van der Waals surface area contributed by atoms with Crippen molar-refractivity contribution in [2.75, 3.05) is 31.1 Å². The average Bonchev–Trinajstić information content (AvgIpc) is 2.53. The predicted octanol–water partition coefficient (Wildman–Crippen LogP) is 2.99. The van der Waals surface area contributed by atoms with Crippen molar-refractivity contribution in [1.29, 1.82) is 0 Å². The molecule has 1 amide bonds. The molecule has 0 spiro atoms. The first-order valence-electron chi connectivity index (χ1n) is 8.66. The van der Waals surface area contributed by atoms with Gasteiger partial charge in [0.25, 0.3) is 0 Å². The van der Waals surface area contributed by atoms with E-state index in [2.05, 4.69) is 37.5 Å². The van der Waals surface area contributed by atoms with E-state index in [1.165, 1.54) is 0 Å². The van der Waals surface area contributed by atoms with Crippen molar-refractivity contribution in [2.24, 2.45) is 0 Å². The Kier molecular flexibility index (Phi) is 5.26. The minimum absolute atomic E-state index is 0.221. The summed E-state index contributed by atoms with van der Waals surface area (Å²) in [6.07, 6.45) is 1.58. The number of ether oxygens (including phenoxy) is 2. The van der Waals surface area contributed by atoms with Crippen molar-refractivity contribution in [3.05, 3.63) is 9.53 Å². The summed E-state index contributed by atoms with van der Waals surface area (Å²) < 4.78 is 12.1. The molecule has 1 aromatic rings. The van der Waals surface area contributed by atoms with Crippen molar-refractivity contribution in [2.45, 2.75) is 52.2 Å². The minimum atomic E-state index is -0.456. The van der Waals surface area contributed by atoms with Crippen molar-refractivity contribution in [1.82, 2.24) is 14.9 Å². The normalized spacial score (nSPS) is 18.6. The SMILES string of the molecule is Cc1nc(I)c2c(n1)N(C1CCN(C(=O)OC(C)(C)C)CC1)CCO2. The zero-order valence-electron chi connectivity index (χ0n) is 15.2. The van der Waals surface area contributed by atoms with Crippen molar-refractivity contribution in [3.63, 3.8) is 0 Å². The molecule has 7 nitrogen and oxygen atoms in total. The highest BCUT2D eigenvalue weighted by molar-refractivity contribution is 14.1. The zero-order valence-corrected chi connectivity index (χ0v) is 17.4. The molecule has 8 heteroatoms. The van der Waals surface area contributed by atoms with E-state index in [1.54, 1.807) is 4.90 Å². The van der Waals surface area contributed by atoms with Gasteiger partial charge in [-0.3, -0.25) is 0 Å². The number of rotatable bonds is 1. The maximum Gasteiger partial charge on any atom is 0.410 e. The number of likely N-dealkylation sites (tertiary alicyclic amines) is 1. The van der Waals surface area contributed by atoms with E-state index < -0.39 is 5.60 Å². The summed E-state index contributed by atoms with van der Waals surface area (Å²) in [5.74, 6) is 2.43. The molecule has 25 heavy (non-hydrogen) atoms. The first-order chi connectivity index (χ1) is 11.7. The van der Waals surface area contributed by atoms with Crippen LogP contribution in [-0.4, -0.2) is 58.8 Å². The minimum Gasteiger partial charge on any atom is -0.485 e. The van der Waals surface area contributed by atoms with Gasteiger partial charge in [0.15, 0.2) is 11.6 Å². The van der Waals surface area contributed by atoms with Crippen LogP contribution in [0, 0.1) is 10.6 Å². The lowest BCUT2D eigenvalue weighted by Crippen LogP contribution is -2.50. The molecule has 0 N–H and O–H groups in total. The van der Waals surface area contributed by atoms with Crippen LogP contribution in [0.15, 0.2) is 0 Å². The van der Waals surface area contributed by atoms with Crippen LogP contribution in [-0.2, 0) is 4.74 Å². The molecule has 0 radical (unpaired) electrons. The molecule has 2 aliphatic rings. The number of fused-ring (bicyclic) bond motifs is 1. The lowest BCUT2D eigenvalue weighted by atomic mass is 10.0. The summed E-state index contributed by atoms with van der Waals surface area (Å²) in [4.78, 5) is 25.4. The first kappa shape index (κ1) is 18.5. The molecule has 1 fully saturated rings. The number of aryl methyl sites for hydroxylation is 1. The van der Waals surface area contributed by atoms with Crippen molar-refractivity contribution >= 4 is 34.5 Å². The van der Waals surface area contributed by atoms with Crippen LogP contribution in [0.3, 0.4) is 0 Å². The first-order valence-corrected chi connectivity index (χ1v) is 9.74. The molecule has 0 saturated carbocycles. The summed E-state index contributed by atoms with van der Waals surface area (Å²) >= 11 is 2.20. The Morgan fingerprint density at radius 1 is 1.24 bits per heavy atom. The van der Waals surface area contributed by atoms with Crippen LogP contribution < -0.4 is 9.64 Å². The third-order valence-corrected chi connectivity index (χ3v) is 5.06. The second-order valence-corrected chi connectivity index (χ2v) is 8.48. The molecular formula is C17H25IN4O3. The molecule has 0 bridgehead atoms. The van der Waals surface area contributed by atoms with Gasteiger partial charge in [0, 0.05) is 19.1 Å². The highest BCUT2D eigenvalue weighted by Gasteiger charge is 2.33. The number of halogens is 1. The molecule has 0 aliphatic carbocycles. The molecule has 3 heterocycles. The Morgan fingerprint density at radius 3 is 2.56 bits per heavy atom. The van der Waals surface area contributed by atoms with E-state index in [0.717, 1.165) is 40.5 Å². The molecule has 2 aliphatic heterocycles. The van der Waals surface area contributed by atoms with E-state index in [-0.39, 0.29) is 6.09 Å². The molecule has 0 aromatic carbocycles. The van der Waals surface area contributed by atoms with Gasteiger partial charge in [-0.25, -0.2) is 14.8 Å². The lowest BCUT2D eigenvalue weighted by molar-refractivity contribution is 0.0203. The Morgan fingerprint density at radius 2 is 1.92 bits per heavy atom. The largest absolute Gasteiger partial charge is 0.485 e. The van der Waals surface area contributed by atoms with E-state index in [4.69, 9.17) is 9.47 Å². The van der Waals surface area contributed by atoms with Gasteiger partial charge < -0.3 is 19.3 Å². The predicted molar refractivity (Wildman–Crippen MR) is 103 cm³/mol. The van der Waals surface area contributed by atoms with Gasteiger partial charge in [0.2, 0.25) is 0 Å². The van der Waals surface area contributed by atoms with E-state index >= 15 is 0 Å². The van der Waals surface area contributed by atoms with Gasteiger partial charge in [-0.05, 0) is 63.1 Å². The molecule has 1 saturated heterocycles. The average molecular weight is 460 g/mol. The smallest absolute Gasteiger partial charge is 0.410 e. The van der Waals surface area contributed by atoms with Gasteiger partial charge in [-0.1, -0.05) is 0 Å². The van der Waals surface area contributed by atoms with Gasteiger partial charge in [-0.2, -0.15) is 0 Å². The number of carbonyl (C=O) groups is 1. The van der Waals surface area contributed by atoms with Crippen LogP contribution in [0.25, 0.3) is 0 Å². The van der Waals surface area contributed by atoms with Gasteiger partial charge in [0.05, 0.1) is 6.54 Å². The van der Waals surface area contributed by atoms with E-state index in [0.29, 0.717) is 25.7 Å². The second-order valence-electron chi connectivity index (χ2n) is 7.45. The lowest BCUT2D eigenvalue weighted by Gasteiger charge is -2.41. The van der Waals surface area contributed by atoms with Crippen molar-refractivity contribution in [3.8, 4) is 5.75 Å². The van der Waals surface area contributed by atoms with Crippen LogP contribution in [0.5, 0.6) is 5.75 Å². The summed E-state index contributed by atoms with van der Waals surface area (Å²) in [6.45, 7) is 10.4. The third-order valence-electron chi connectivity index (χ3n) is 4.33. The number of amides is 1. The number of hydrogen-bond acceptors (Lipinski definition) is 6. The fraction of sp³-hybridized carbons (Fsp3) is 0.706. The summed E-state index contributed by atoms with van der Waals surface area (Å²) in [7, 11) is 0.